The average Bonchev–Trinajstić information content (AvgIpc) is 3.31. The van der Waals surface area contributed by atoms with Crippen molar-refractivity contribution in [1.82, 2.24) is 25.1 Å². The fraction of sp³-hybridized carbons (Fsp3) is 0.227. The number of hydrogen-bond donors (Lipinski definition) is 3. The minimum absolute atomic E-state index is 0.0325. The van der Waals surface area contributed by atoms with Crippen LogP contribution in [0.25, 0.3) is 22.2 Å². The van der Waals surface area contributed by atoms with Crippen LogP contribution in [0.5, 0.6) is 5.75 Å². The first-order chi connectivity index (χ1) is 14.6. The maximum Gasteiger partial charge on any atom is 0.220 e. The van der Waals surface area contributed by atoms with Crippen molar-refractivity contribution in [3.63, 3.8) is 0 Å². The van der Waals surface area contributed by atoms with Crippen LogP contribution in [0.4, 0.5) is 0 Å². The molecule has 0 saturated carbocycles. The zero-order valence-electron chi connectivity index (χ0n) is 16.9. The largest absolute Gasteiger partial charge is 0.497 e. The van der Waals surface area contributed by atoms with Gasteiger partial charge in [-0.2, -0.15) is 5.10 Å². The molecular formula is C22H23N5O2S. The van der Waals surface area contributed by atoms with Gasteiger partial charge in [-0.25, -0.2) is 0 Å². The third kappa shape index (κ3) is 3.99. The topological polar surface area (TPSA) is 87.7 Å². The van der Waals surface area contributed by atoms with Gasteiger partial charge in [-0.15, -0.1) is 0 Å². The Morgan fingerprint density at radius 3 is 2.67 bits per heavy atom. The molecule has 8 heteroatoms. The SMILES string of the molecule is COc1ccc(-c2[nH]c3ccccc3c2CCC(=O)NCc2n[nH]c(=S)n2C)cc1. The lowest BCUT2D eigenvalue weighted by Gasteiger charge is -2.08. The van der Waals surface area contributed by atoms with Gasteiger partial charge in [0, 0.05) is 30.1 Å². The van der Waals surface area contributed by atoms with E-state index in [1.165, 1.54) is 0 Å². The van der Waals surface area contributed by atoms with Crippen molar-refractivity contribution in [3.05, 3.63) is 64.7 Å². The normalized spacial score (nSPS) is 11.0. The molecule has 0 radical (unpaired) electrons. The summed E-state index contributed by atoms with van der Waals surface area (Å²) in [6.45, 7) is 0.335. The van der Waals surface area contributed by atoms with Crippen LogP contribution < -0.4 is 10.1 Å². The first kappa shape index (κ1) is 19.9. The van der Waals surface area contributed by atoms with Crippen LogP contribution in [0.15, 0.2) is 48.5 Å². The number of nitrogens with zero attached hydrogens (tertiary/aromatic N) is 2. The Kier molecular flexibility index (Phi) is 5.67. The number of hydrogen-bond acceptors (Lipinski definition) is 4. The van der Waals surface area contributed by atoms with Crippen molar-refractivity contribution in [2.75, 3.05) is 7.11 Å². The summed E-state index contributed by atoms with van der Waals surface area (Å²) in [5.41, 5.74) is 4.27. The number of para-hydroxylation sites is 1. The highest BCUT2D eigenvalue weighted by Gasteiger charge is 2.15. The van der Waals surface area contributed by atoms with E-state index in [0.717, 1.165) is 33.5 Å². The highest BCUT2D eigenvalue weighted by Crippen LogP contribution is 2.32. The van der Waals surface area contributed by atoms with E-state index in [2.05, 4.69) is 32.6 Å². The Labute approximate surface area is 179 Å². The number of aromatic amines is 2. The summed E-state index contributed by atoms with van der Waals surface area (Å²) in [5.74, 6) is 1.47. The number of methoxy groups -OCH3 is 1. The van der Waals surface area contributed by atoms with Gasteiger partial charge in [-0.3, -0.25) is 9.89 Å². The summed E-state index contributed by atoms with van der Waals surface area (Å²) in [6, 6.07) is 16.1. The summed E-state index contributed by atoms with van der Waals surface area (Å²) >= 11 is 5.10. The molecule has 4 rings (SSSR count). The predicted molar refractivity (Wildman–Crippen MR) is 119 cm³/mol. The molecular weight excluding hydrogens is 398 g/mol. The number of fused-ring (bicyclic) bond motifs is 1. The molecule has 3 N–H and O–H groups in total. The minimum atomic E-state index is -0.0325. The standard InChI is InChI=1S/C22H23N5O2S/c1-27-19(25-26-22(27)30)13-23-20(28)12-11-17-16-5-3-4-6-18(16)24-21(17)14-7-9-15(29-2)10-8-14/h3-10,24H,11-13H2,1-2H3,(H,23,28)(H,26,30). The molecule has 7 nitrogen and oxygen atoms in total. The van der Waals surface area contributed by atoms with Gasteiger partial charge in [0.1, 0.15) is 5.75 Å². The smallest absolute Gasteiger partial charge is 0.220 e. The second-order valence-electron chi connectivity index (χ2n) is 7.03. The van der Waals surface area contributed by atoms with E-state index in [1.807, 2.05) is 43.4 Å². The van der Waals surface area contributed by atoms with Crippen molar-refractivity contribution in [1.29, 1.82) is 0 Å². The van der Waals surface area contributed by atoms with E-state index >= 15 is 0 Å². The van der Waals surface area contributed by atoms with Crippen LogP contribution in [0, 0.1) is 4.77 Å². The number of benzene rings is 2. The summed E-state index contributed by atoms with van der Waals surface area (Å²) in [6.07, 6.45) is 0.996. The summed E-state index contributed by atoms with van der Waals surface area (Å²) < 4.78 is 7.54. The molecule has 0 aliphatic rings. The van der Waals surface area contributed by atoms with Crippen LogP contribution >= 0.6 is 12.2 Å². The Balaban J connectivity index is 1.53. The molecule has 0 fully saturated rings. The Bertz CT molecular complexity index is 1240. The molecule has 2 heterocycles. The van der Waals surface area contributed by atoms with E-state index in [0.29, 0.717) is 30.0 Å². The monoisotopic (exact) mass is 421 g/mol. The number of H-pyrrole nitrogens is 2. The summed E-state index contributed by atoms with van der Waals surface area (Å²) in [4.78, 5) is 16.0. The minimum Gasteiger partial charge on any atom is -0.497 e. The zero-order valence-corrected chi connectivity index (χ0v) is 17.7. The number of aryl methyl sites for hydroxylation is 1. The molecule has 154 valence electrons. The van der Waals surface area contributed by atoms with Gasteiger partial charge in [0.25, 0.3) is 0 Å². The molecule has 2 aromatic heterocycles. The van der Waals surface area contributed by atoms with Crippen molar-refractivity contribution >= 4 is 29.0 Å². The van der Waals surface area contributed by atoms with E-state index < -0.39 is 0 Å². The number of rotatable bonds is 7. The molecule has 0 unspecified atom stereocenters. The lowest BCUT2D eigenvalue weighted by Crippen LogP contribution is -2.24. The molecule has 0 saturated heterocycles. The third-order valence-electron chi connectivity index (χ3n) is 5.21. The third-order valence-corrected chi connectivity index (χ3v) is 5.58. The lowest BCUT2D eigenvalue weighted by atomic mass is 10.0. The van der Waals surface area contributed by atoms with Gasteiger partial charge >= 0.3 is 0 Å². The highest BCUT2D eigenvalue weighted by atomic mass is 32.1. The van der Waals surface area contributed by atoms with Gasteiger partial charge in [0.2, 0.25) is 5.91 Å². The highest BCUT2D eigenvalue weighted by molar-refractivity contribution is 7.71. The van der Waals surface area contributed by atoms with Crippen LogP contribution in [0.2, 0.25) is 0 Å². The molecule has 0 aliphatic carbocycles. The molecule has 0 spiro atoms. The number of ether oxygens (including phenoxy) is 1. The average molecular weight is 422 g/mol. The van der Waals surface area contributed by atoms with Gasteiger partial charge in [-0.05, 0) is 60.1 Å². The van der Waals surface area contributed by atoms with E-state index in [1.54, 1.807) is 11.7 Å². The first-order valence-corrected chi connectivity index (χ1v) is 10.1. The summed E-state index contributed by atoms with van der Waals surface area (Å²) in [5, 5.41) is 10.9. The molecule has 1 amide bonds. The maximum absolute atomic E-state index is 12.5. The molecule has 0 bridgehead atoms. The Hall–Kier alpha value is -3.39. The van der Waals surface area contributed by atoms with E-state index in [9.17, 15) is 4.79 Å². The van der Waals surface area contributed by atoms with E-state index in [-0.39, 0.29) is 5.91 Å². The van der Waals surface area contributed by atoms with Crippen LogP contribution in [0.3, 0.4) is 0 Å². The second-order valence-corrected chi connectivity index (χ2v) is 7.42. The van der Waals surface area contributed by atoms with Crippen LogP contribution in [-0.4, -0.2) is 32.8 Å². The molecule has 2 aromatic carbocycles. The molecule has 0 aliphatic heterocycles. The number of nitrogens with one attached hydrogen (secondary N) is 3. The molecule has 0 atom stereocenters. The quantitative estimate of drug-likeness (QED) is 0.395. The first-order valence-electron chi connectivity index (χ1n) is 9.68. The Morgan fingerprint density at radius 1 is 1.20 bits per heavy atom. The maximum atomic E-state index is 12.5. The molecule has 30 heavy (non-hydrogen) atoms. The number of carbonyl (C=O) groups is 1. The van der Waals surface area contributed by atoms with Gasteiger partial charge < -0.3 is 19.6 Å². The lowest BCUT2D eigenvalue weighted by molar-refractivity contribution is -0.121. The number of aromatic nitrogens is 4. The van der Waals surface area contributed by atoms with Crippen molar-refractivity contribution in [3.8, 4) is 17.0 Å². The predicted octanol–water partition coefficient (Wildman–Crippen LogP) is 3.88. The molecule has 4 aromatic rings. The van der Waals surface area contributed by atoms with Gasteiger partial charge in [-0.1, -0.05) is 18.2 Å². The van der Waals surface area contributed by atoms with Crippen molar-refractivity contribution in [2.45, 2.75) is 19.4 Å². The van der Waals surface area contributed by atoms with Gasteiger partial charge in [0.05, 0.1) is 13.7 Å². The summed E-state index contributed by atoms with van der Waals surface area (Å²) in [7, 11) is 3.47. The van der Waals surface area contributed by atoms with Crippen LogP contribution in [0.1, 0.15) is 17.8 Å². The fourth-order valence-corrected chi connectivity index (χ4v) is 3.66. The van der Waals surface area contributed by atoms with Gasteiger partial charge in [0.15, 0.2) is 10.6 Å². The van der Waals surface area contributed by atoms with Crippen molar-refractivity contribution in [2.24, 2.45) is 7.05 Å². The zero-order chi connectivity index (χ0) is 21.1. The number of carbonyl (C=O) groups excluding carboxylic acids is 1. The second kappa shape index (κ2) is 8.54. The fourth-order valence-electron chi connectivity index (χ4n) is 3.51. The van der Waals surface area contributed by atoms with E-state index in [4.69, 9.17) is 17.0 Å². The number of amides is 1. The van der Waals surface area contributed by atoms with Crippen LogP contribution in [-0.2, 0) is 24.8 Å². The van der Waals surface area contributed by atoms with Crippen molar-refractivity contribution < 1.29 is 9.53 Å². The Morgan fingerprint density at radius 2 is 1.97 bits per heavy atom.